The molecule has 0 saturated heterocycles. The smallest absolute Gasteiger partial charge is 0.340 e. The summed E-state index contributed by atoms with van der Waals surface area (Å²) in [4.78, 5) is 12.6. The molecule has 0 amide bonds. The lowest BCUT2D eigenvalue weighted by molar-refractivity contribution is 0.0224. The van der Waals surface area contributed by atoms with Gasteiger partial charge in [-0.1, -0.05) is 29.8 Å². The van der Waals surface area contributed by atoms with Crippen LogP contribution in [0, 0.1) is 0 Å². The number of esters is 1. The minimum atomic E-state index is -1.06. The maximum absolute atomic E-state index is 12.6. The monoisotopic (exact) mass is 349 g/mol. The van der Waals surface area contributed by atoms with E-state index in [1.165, 1.54) is 0 Å². The van der Waals surface area contributed by atoms with Crippen molar-refractivity contribution >= 4 is 23.3 Å². The van der Waals surface area contributed by atoms with Gasteiger partial charge in [-0.15, -0.1) is 0 Å². The van der Waals surface area contributed by atoms with Crippen molar-refractivity contribution in [2.24, 2.45) is 0 Å². The first-order valence-corrected chi connectivity index (χ1v) is 8.18. The first-order chi connectivity index (χ1) is 12.1. The number of carbonyl (C=O) groups is 1. The Bertz CT molecular complexity index is 1010. The number of rotatable bonds is 0. The van der Waals surface area contributed by atoms with E-state index >= 15 is 0 Å². The van der Waals surface area contributed by atoms with Crippen molar-refractivity contribution in [2.45, 2.75) is 5.60 Å². The van der Waals surface area contributed by atoms with Gasteiger partial charge in [-0.05, 0) is 36.4 Å². The Morgan fingerprint density at radius 2 is 1.60 bits per heavy atom. The van der Waals surface area contributed by atoms with Gasteiger partial charge in [-0.3, -0.25) is 0 Å². The number of fused-ring (bicyclic) bond motifs is 6. The van der Waals surface area contributed by atoms with E-state index in [0.717, 1.165) is 16.7 Å². The summed E-state index contributed by atoms with van der Waals surface area (Å²) in [6, 6.07) is 18.1. The molecule has 2 aliphatic heterocycles. The van der Waals surface area contributed by atoms with Gasteiger partial charge in [-0.2, -0.15) is 0 Å². The summed E-state index contributed by atoms with van der Waals surface area (Å²) >= 11 is 6.15. The number of nitrogens with two attached hydrogens (primary N) is 1. The molecule has 2 N–H and O–H groups in total. The number of hydrogen-bond acceptors (Lipinski definition) is 4. The van der Waals surface area contributed by atoms with Crippen LogP contribution in [-0.4, -0.2) is 5.97 Å². The standard InChI is InChI=1S/C20H12ClNO3/c21-11-5-7-15-17(9-11)24-18-10-12(22)6-8-16(18)20(15)14-4-2-1-3-13(14)19(23)25-20/h1-10H,22H2. The normalized spacial score (nSPS) is 19.6. The number of anilines is 1. The fourth-order valence-electron chi connectivity index (χ4n) is 3.67. The molecule has 25 heavy (non-hydrogen) atoms. The van der Waals surface area contributed by atoms with Crippen molar-refractivity contribution in [3.8, 4) is 11.5 Å². The van der Waals surface area contributed by atoms with E-state index in [0.29, 0.717) is 27.8 Å². The summed E-state index contributed by atoms with van der Waals surface area (Å²) in [5, 5.41) is 0.541. The molecule has 0 aromatic heterocycles. The zero-order valence-electron chi connectivity index (χ0n) is 13.0. The molecule has 3 aromatic rings. The van der Waals surface area contributed by atoms with Gasteiger partial charge >= 0.3 is 5.97 Å². The highest BCUT2D eigenvalue weighted by Gasteiger charge is 2.53. The van der Waals surface area contributed by atoms with E-state index in [-0.39, 0.29) is 5.97 Å². The third-order valence-electron chi connectivity index (χ3n) is 4.70. The second-order valence-electron chi connectivity index (χ2n) is 6.11. The molecular formula is C20H12ClNO3. The fraction of sp³-hybridized carbons (Fsp3) is 0.0500. The number of benzene rings is 3. The van der Waals surface area contributed by atoms with Gasteiger partial charge < -0.3 is 15.2 Å². The predicted octanol–water partition coefficient (Wildman–Crippen LogP) is 4.49. The third kappa shape index (κ3) is 1.80. The van der Waals surface area contributed by atoms with E-state index < -0.39 is 5.60 Å². The lowest BCUT2D eigenvalue weighted by Gasteiger charge is -2.36. The molecule has 0 aliphatic carbocycles. The van der Waals surface area contributed by atoms with Crippen molar-refractivity contribution in [3.05, 3.63) is 87.9 Å². The maximum atomic E-state index is 12.6. The molecule has 0 radical (unpaired) electrons. The fourth-order valence-corrected chi connectivity index (χ4v) is 3.83. The van der Waals surface area contributed by atoms with Crippen LogP contribution in [0.2, 0.25) is 5.02 Å². The molecule has 0 bridgehead atoms. The topological polar surface area (TPSA) is 61.6 Å². The van der Waals surface area contributed by atoms with E-state index in [4.69, 9.17) is 26.8 Å². The number of hydrogen-bond donors (Lipinski definition) is 1. The molecule has 5 rings (SSSR count). The first kappa shape index (κ1) is 14.4. The molecule has 5 heteroatoms. The summed E-state index contributed by atoms with van der Waals surface area (Å²) in [6.07, 6.45) is 0. The van der Waals surface area contributed by atoms with Crippen LogP contribution in [0.3, 0.4) is 0 Å². The molecule has 1 spiro atoms. The van der Waals surface area contributed by atoms with Crippen LogP contribution in [-0.2, 0) is 10.3 Å². The van der Waals surface area contributed by atoms with Crippen LogP contribution < -0.4 is 10.5 Å². The van der Waals surface area contributed by atoms with Gasteiger partial charge in [0.15, 0.2) is 5.60 Å². The van der Waals surface area contributed by atoms with Crippen LogP contribution in [0.25, 0.3) is 0 Å². The molecule has 2 heterocycles. The highest BCUT2D eigenvalue weighted by molar-refractivity contribution is 6.30. The zero-order chi connectivity index (χ0) is 17.2. The second kappa shape index (κ2) is 4.77. The molecule has 2 aliphatic rings. The number of halogens is 1. The van der Waals surface area contributed by atoms with Gasteiger partial charge in [0.05, 0.1) is 5.56 Å². The van der Waals surface area contributed by atoms with Crippen molar-refractivity contribution in [1.82, 2.24) is 0 Å². The average molecular weight is 350 g/mol. The Balaban J connectivity index is 1.91. The van der Waals surface area contributed by atoms with Crippen molar-refractivity contribution in [3.63, 3.8) is 0 Å². The van der Waals surface area contributed by atoms with Crippen molar-refractivity contribution < 1.29 is 14.3 Å². The molecule has 1 atom stereocenters. The lowest BCUT2D eigenvalue weighted by atomic mass is 9.77. The summed E-state index contributed by atoms with van der Waals surface area (Å²) < 4.78 is 12.0. The molecule has 122 valence electrons. The van der Waals surface area contributed by atoms with Crippen LogP contribution in [0.4, 0.5) is 5.69 Å². The van der Waals surface area contributed by atoms with Crippen LogP contribution in [0.15, 0.2) is 60.7 Å². The highest BCUT2D eigenvalue weighted by Crippen LogP contribution is 2.56. The number of ether oxygens (including phenoxy) is 2. The van der Waals surface area contributed by atoms with Crippen LogP contribution in [0.5, 0.6) is 11.5 Å². The molecule has 0 saturated carbocycles. The Morgan fingerprint density at radius 3 is 2.44 bits per heavy atom. The van der Waals surface area contributed by atoms with Crippen LogP contribution >= 0.6 is 11.6 Å². The summed E-state index contributed by atoms with van der Waals surface area (Å²) in [6.45, 7) is 0. The Morgan fingerprint density at radius 1 is 0.880 bits per heavy atom. The SMILES string of the molecule is Nc1ccc2c(c1)Oc1cc(Cl)ccc1C21OC(=O)c2ccccc21. The Labute approximate surface area is 148 Å². The van der Waals surface area contributed by atoms with Gasteiger partial charge in [0.1, 0.15) is 11.5 Å². The van der Waals surface area contributed by atoms with Gasteiger partial charge in [0.25, 0.3) is 0 Å². The average Bonchev–Trinajstić information content (AvgIpc) is 2.88. The van der Waals surface area contributed by atoms with Gasteiger partial charge in [0, 0.05) is 33.5 Å². The summed E-state index contributed by atoms with van der Waals surface area (Å²) in [5.41, 5.74) is 8.26. The third-order valence-corrected chi connectivity index (χ3v) is 4.93. The van der Waals surface area contributed by atoms with Crippen molar-refractivity contribution in [1.29, 1.82) is 0 Å². The molecule has 1 unspecified atom stereocenters. The maximum Gasteiger partial charge on any atom is 0.340 e. The lowest BCUT2D eigenvalue weighted by Crippen LogP contribution is -2.33. The minimum absolute atomic E-state index is 0.360. The number of carbonyl (C=O) groups excluding carboxylic acids is 1. The zero-order valence-corrected chi connectivity index (χ0v) is 13.7. The van der Waals surface area contributed by atoms with Gasteiger partial charge in [0.2, 0.25) is 0 Å². The molecule has 4 nitrogen and oxygen atoms in total. The first-order valence-electron chi connectivity index (χ1n) is 7.80. The van der Waals surface area contributed by atoms with E-state index in [1.54, 1.807) is 30.3 Å². The second-order valence-corrected chi connectivity index (χ2v) is 6.55. The number of nitrogen functional groups attached to an aromatic ring is 1. The van der Waals surface area contributed by atoms with Gasteiger partial charge in [-0.25, -0.2) is 4.79 Å². The molecule has 0 fully saturated rings. The van der Waals surface area contributed by atoms with E-state index in [1.807, 2.05) is 30.3 Å². The molecular weight excluding hydrogens is 338 g/mol. The highest BCUT2D eigenvalue weighted by atomic mass is 35.5. The summed E-state index contributed by atoms with van der Waals surface area (Å²) in [7, 11) is 0. The van der Waals surface area contributed by atoms with E-state index in [2.05, 4.69) is 0 Å². The largest absolute Gasteiger partial charge is 0.456 e. The minimum Gasteiger partial charge on any atom is -0.456 e. The predicted molar refractivity (Wildman–Crippen MR) is 94.1 cm³/mol. The molecule has 3 aromatic carbocycles. The van der Waals surface area contributed by atoms with Crippen LogP contribution in [0.1, 0.15) is 27.0 Å². The Kier molecular flexibility index (Phi) is 2.74. The van der Waals surface area contributed by atoms with Crippen molar-refractivity contribution in [2.75, 3.05) is 5.73 Å². The Hall–Kier alpha value is -2.98. The summed E-state index contributed by atoms with van der Waals surface area (Å²) in [5.74, 6) is 0.746. The van der Waals surface area contributed by atoms with E-state index in [9.17, 15) is 4.79 Å². The quantitative estimate of drug-likeness (QED) is 0.480.